The second-order valence-electron chi connectivity index (χ2n) is 5.36. The van der Waals surface area contributed by atoms with Crippen LogP contribution in [0.4, 0.5) is 0 Å². The summed E-state index contributed by atoms with van der Waals surface area (Å²) in [5, 5.41) is 0. The van der Waals surface area contributed by atoms with Crippen molar-refractivity contribution < 1.29 is 9.53 Å². The topological polar surface area (TPSA) is 26.3 Å². The summed E-state index contributed by atoms with van der Waals surface area (Å²) in [4.78, 5) is 11.4. The summed E-state index contributed by atoms with van der Waals surface area (Å²) in [5.74, 6) is 1.74. The Hall–Kier alpha value is -0.530. The van der Waals surface area contributed by atoms with Gasteiger partial charge < -0.3 is 4.74 Å². The van der Waals surface area contributed by atoms with E-state index in [2.05, 4.69) is 20.8 Å². The number of fused-ring (bicyclic) bond motifs is 1. The molecule has 2 rings (SSSR count). The Labute approximate surface area is 86.0 Å². The van der Waals surface area contributed by atoms with E-state index in [0.717, 1.165) is 12.3 Å². The average Bonchev–Trinajstić information content (AvgIpc) is 2.41. The molecule has 0 bridgehead atoms. The molecule has 14 heavy (non-hydrogen) atoms. The van der Waals surface area contributed by atoms with E-state index in [-0.39, 0.29) is 11.6 Å². The van der Waals surface area contributed by atoms with E-state index < -0.39 is 0 Å². The van der Waals surface area contributed by atoms with Gasteiger partial charge in [0.25, 0.3) is 0 Å². The third-order valence-corrected chi connectivity index (χ3v) is 4.10. The summed E-state index contributed by atoms with van der Waals surface area (Å²) >= 11 is 0. The van der Waals surface area contributed by atoms with Crippen molar-refractivity contribution in [2.24, 2.45) is 17.8 Å². The third-order valence-electron chi connectivity index (χ3n) is 4.10. The van der Waals surface area contributed by atoms with Crippen molar-refractivity contribution in [3.8, 4) is 0 Å². The van der Waals surface area contributed by atoms with Gasteiger partial charge in [-0.25, -0.2) is 0 Å². The highest BCUT2D eigenvalue weighted by molar-refractivity contribution is 5.73. The molecule has 0 aromatic rings. The monoisotopic (exact) mass is 196 g/mol. The second-order valence-corrected chi connectivity index (χ2v) is 5.36. The molecule has 1 saturated heterocycles. The van der Waals surface area contributed by atoms with Crippen LogP contribution >= 0.6 is 0 Å². The third kappa shape index (κ3) is 1.35. The lowest BCUT2D eigenvalue weighted by molar-refractivity contribution is -0.157. The normalized spacial score (nSPS) is 42.4. The minimum absolute atomic E-state index is 0.0257. The van der Waals surface area contributed by atoms with Crippen molar-refractivity contribution in [3.05, 3.63) is 0 Å². The van der Waals surface area contributed by atoms with Gasteiger partial charge in [0, 0.05) is 5.92 Å². The van der Waals surface area contributed by atoms with Crippen LogP contribution in [-0.4, -0.2) is 11.6 Å². The lowest BCUT2D eigenvalue weighted by atomic mass is 9.67. The van der Waals surface area contributed by atoms with Crippen molar-refractivity contribution in [3.63, 3.8) is 0 Å². The standard InChI is InChI=1S/C12H20O2/c1-8(2)12-5-4-9(3)6-10(12)7-11(13)14-12/h8-10H,4-7H2,1-3H3/t9-,10-,12+/m0/s1. The van der Waals surface area contributed by atoms with Crippen LogP contribution in [0.1, 0.15) is 46.5 Å². The van der Waals surface area contributed by atoms with Crippen molar-refractivity contribution >= 4 is 5.97 Å². The van der Waals surface area contributed by atoms with E-state index in [1.54, 1.807) is 0 Å². The molecule has 1 heterocycles. The van der Waals surface area contributed by atoms with Crippen LogP contribution in [0.3, 0.4) is 0 Å². The number of esters is 1. The molecular formula is C12H20O2. The molecule has 1 aliphatic carbocycles. The SMILES string of the molecule is CC(C)[C@]12CC[C@H](C)C[C@H]1CC(=O)O2. The molecule has 0 radical (unpaired) electrons. The Bertz CT molecular complexity index is 247. The Morgan fingerprint density at radius 2 is 2.21 bits per heavy atom. The molecule has 2 aliphatic rings. The van der Waals surface area contributed by atoms with Gasteiger partial charge in [-0.2, -0.15) is 0 Å². The van der Waals surface area contributed by atoms with E-state index in [1.807, 2.05) is 0 Å². The van der Waals surface area contributed by atoms with Crippen LogP contribution in [0.15, 0.2) is 0 Å². The first-order valence-corrected chi connectivity index (χ1v) is 5.76. The van der Waals surface area contributed by atoms with E-state index in [9.17, 15) is 4.79 Å². The van der Waals surface area contributed by atoms with Crippen LogP contribution in [0, 0.1) is 17.8 Å². The van der Waals surface area contributed by atoms with Crippen molar-refractivity contribution in [2.75, 3.05) is 0 Å². The highest BCUT2D eigenvalue weighted by Gasteiger charge is 2.53. The molecule has 0 N–H and O–H groups in total. The highest BCUT2D eigenvalue weighted by atomic mass is 16.6. The molecule has 0 unspecified atom stereocenters. The van der Waals surface area contributed by atoms with Gasteiger partial charge in [0.1, 0.15) is 5.60 Å². The largest absolute Gasteiger partial charge is 0.458 e. The van der Waals surface area contributed by atoms with Crippen LogP contribution in [0.2, 0.25) is 0 Å². The number of hydrogen-bond donors (Lipinski definition) is 0. The Balaban J connectivity index is 2.23. The number of hydrogen-bond acceptors (Lipinski definition) is 2. The van der Waals surface area contributed by atoms with Gasteiger partial charge in [0.05, 0.1) is 6.42 Å². The summed E-state index contributed by atoms with van der Waals surface area (Å²) in [5.41, 5.74) is -0.108. The molecule has 0 aromatic heterocycles. The minimum atomic E-state index is -0.108. The smallest absolute Gasteiger partial charge is 0.306 e. The lowest BCUT2D eigenvalue weighted by Gasteiger charge is -2.42. The lowest BCUT2D eigenvalue weighted by Crippen LogP contribution is -2.44. The van der Waals surface area contributed by atoms with Gasteiger partial charge in [0.15, 0.2) is 0 Å². The predicted molar refractivity (Wildman–Crippen MR) is 54.8 cm³/mol. The Morgan fingerprint density at radius 3 is 2.86 bits per heavy atom. The van der Waals surface area contributed by atoms with Gasteiger partial charge in [-0.1, -0.05) is 20.8 Å². The molecule has 0 aromatic carbocycles. The maximum absolute atomic E-state index is 11.4. The van der Waals surface area contributed by atoms with Gasteiger partial charge in [0.2, 0.25) is 0 Å². The highest BCUT2D eigenvalue weighted by Crippen LogP contribution is 2.49. The number of rotatable bonds is 1. The van der Waals surface area contributed by atoms with Gasteiger partial charge >= 0.3 is 5.97 Å². The van der Waals surface area contributed by atoms with E-state index >= 15 is 0 Å². The van der Waals surface area contributed by atoms with Gasteiger partial charge in [-0.05, 0) is 31.1 Å². The molecule has 0 spiro atoms. The van der Waals surface area contributed by atoms with E-state index in [1.165, 1.54) is 12.8 Å². The zero-order valence-electron chi connectivity index (χ0n) is 9.38. The fourth-order valence-electron chi connectivity index (χ4n) is 3.20. The maximum Gasteiger partial charge on any atom is 0.306 e. The molecule has 1 saturated carbocycles. The van der Waals surface area contributed by atoms with Crippen LogP contribution in [0.5, 0.6) is 0 Å². The van der Waals surface area contributed by atoms with Crippen LogP contribution in [0.25, 0.3) is 0 Å². The second kappa shape index (κ2) is 3.25. The van der Waals surface area contributed by atoms with Gasteiger partial charge in [-0.3, -0.25) is 4.79 Å². The first kappa shape index (κ1) is 10.0. The quantitative estimate of drug-likeness (QED) is 0.603. The van der Waals surface area contributed by atoms with E-state index in [4.69, 9.17) is 4.74 Å². The summed E-state index contributed by atoms with van der Waals surface area (Å²) < 4.78 is 5.62. The molecular weight excluding hydrogens is 176 g/mol. The fraction of sp³-hybridized carbons (Fsp3) is 0.917. The number of carbonyl (C=O) groups excluding carboxylic acids is 1. The molecule has 2 nitrogen and oxygen atoms in total. The predicted octanol–water partition coefficient (Wildman–Crippen LogP) is 2.76. The first-order valence-electron chi connectivity index (χ1n) is 5.76. The maximum atomic E-state index is 11.4. The summed E-state index contributed by atoms with van der Waals surface area (Å²) in [6.45, 7) is 6.65. The zero-order valence-corrected chi connectivity index (χ0v) is 9.38. The fourth-order valence-corrected chi connectivity index (χ4v) is 3.20. The summed E-state index contributed by atoms with van der Waals surface area (Å²) in [6.07, 6.45) is 4.11. The molecule has 2 heteroatoms. The summed E-state index contributed by atoms with van der Waals surface area (Å²) in [6, 6.07) is 0. The van der Waals surface area contributed by atoms with Crippen molar-refractivity contribution in [2.45, 2.75) is 52.1 Å². The van der Waals surface area contributed by atoms with E-state index in [0.29, 0.717) is 18.3 Å². The molecule has 3 atom stereocenters. The van der Waals surface area contributed by atoms with Crippen LogP contribution < -0.4 is 0 Å². The van der Waals surface area contributed by atoms with Gasteiger partial charge in [-0.15, -0.1) is 0 Å². The number of ether oxygens (including phenoxy) is 1. The first-order chi connectivity index (χ1) is 6.54. The Morgan fingerprint density at radius 1 is 1.50 bits per heavy atom. The molecule has 0 amide bonds. The molecule has 1 aliphatic heterocycles. The van der Waals surface area contributed by atoms with Crippen LogP contribution in [-0.2, 0) is 9.53 Å². The average molecular weight is 196 g/mol. The number of carbonyl (C=O) groups is 1. The zero-order chi connectivity index (χ0) is 10.3. The van der Waals surface area contributed by atoms with Crippen molar-refractivity contribution in [1.82, 2.24) is 0 Å². The van der Waals surface area contributed by atoms with Crippen molar-refractivity contribution in [1.29, 1.82) is 0 Å². The molecule has 2 fully saturated rings. The minimum Gasteiger partial charge on any atom is -0.458 e. The summed E-state index contributed by atoms with van der Waals surface area (Å²) in [7, 11) is 0. The Kier molecular flexibility index (Phi) is 2.32. The molecule has 80 valence electrons.